The lowest BCUT2D eigenvalue weighted by Gasteiger charge is -2.20. The number of hydrogen-bond acceptors (Lipinski definition) is 6. The Morgan fingerprint density at radius 2 is 2.12 bits per heavy atom. The van der Waals surface area contributed by atoms with E-state index >= 15 is 0 Å². The van der Waals surface area contributed by atoms with Crippen molar-refractivity contribution in [3.8, 4) is 0 Å². The van der Waals surface area contributed by atoms with Crippen LogP contribution in [0.15, 0.2) is 17.2 Å². The smallest absolute Gasteiger partial charge is 0.263 e. The Labute approximate surface area is 144 Å². The first-order valence-corrected chi connectivity index (χ1v) is 8.81. The van der Waals surface area contributed by atoms with E-state index in [2.05, 4.69) is 32.3 Å². The number of aromatic amines is 1. The number of nitrogens with zero attached hydrogens (tertiary/aromatic N) is 4. The van der Waals surface area contributed by atoms with Gasteiger partial charge in [0.1, 0.15) is 10.4 Å². The number of hydrogen-bond donors (Lipinski definition) is 2. The standard InChI is InChI=1S/C16H22N6OS/c1-6-10-7-17-14(24-10)9(2)19-15-20-12-11(13(23)21-15)8-18-22(12)16(3,4)5/h7-9H,6H2,1-5H3,(H2,19,20,21,23). The van der Waals surface area contributed by atoms with Gasteiger partial charge < -0.3 is 5.32 Å². The maximum Gasteiger partial charge on any atom is 0.263 e. The van der Waals surface area contributed by atoms with Crippen LogP contribution in [0.5, 0.6) is 0 Å². The zero-order valence-electron chi connectivity index (χ0n) is 14.5. The molecule has 0 spiro atoms. The van der Waals surface area contributed by atoms with Crippen LogP contribution in [0.1, 0.15) is 50.5 Å². The van der Waals surface area contributed by atoms with Crippen LogP contribution in [0.25, 0.3) is 11.0 Å². The Morgan fingerprint density at radius 1 is 1.38 bits per heavy atom. The van der Waals surface area contributed by atoms with Crippen molar-refractivity contribution in [2.75, 3.05) is 5.32 Å². The minimum Gasteiger partial charge on any atom is -0.347 e. The second kappa shape index (κ2) is 6.01. The summed E-state index contributed by atoms with van der Waals surface area (Å²) < 4.78 is 1.77. The molecule has 1 unspecified atom stereocenters. The van der Waals surface area contributed by atoms with E-state index in [1.165, 1.54) is 4.88 Å². The minimum absolute atomic E-state index is 0.0399. The van der Waals surface area contributed by atoms with Crippen molar-refractivity contribution in [1.82, 2.24) is 24.7 Å². The van der Waals surface area contributed by atoms with Gasteiger partial charge in [-0.1, -0.05) is 6.92 Å². The normalized spacial score (nSPS) is 13.4. The maximum atomic E-state index is 12.3. The van der Waals surface area contributed by atoms with Gasteiger partial charge in [0, 0.05) is 11.1 Å². The van der Waals surface area contributed by atoms with Crippen LogP contribution >= 0.6 is 11.3 Å². The van der Waals surface area contributed by atoms with E-state index in [0.29, 0.717) is 17.0 Å². The van der Waals surface area contributed by atoms with E-state index < -0.39 is 0 Å². The lowest BCUT2D eigenvalue weighted by Crippen LogP contribution is -2.24. The highest BCUT2D eigenvalue weighted by Crippen LogP contribution is 2.24. The van der Waals surface area contributed by atoms with E-state index in [1.807, 2.05) is 33.9 Å². The molecule has 3 heterocycles. The molecule has 0 saturated carbocycles. The second-order valence-corrected chi connectivity index (χ2v) is 7.91. The van der Waals surface area contributed by atoms with Gasteiger partial charge in [-0.25, -0.2) is 9.67 Å². The predicted octanol–water partition coefficient (Wildman–Crippen LogP) is 3.07. The van der Waals surface area contributed by atoms with E-state index in [0.717, 1.165) is 11.4 Å². The molecule has 0 amide bonds. The summed E-state index contributed by atoms with van der Waals surface area (Å²) in [7, 11) is 0. The molecule has 0 saturated heterocycles. The number of anilines is 1. The summed E-state index contributed by atoms with van der Waals surface area (Å²) in [6.07, 6.45) is 4.43. The molecule has 0 aromatic carbocycles. The highest BCUT2D eigenvalue weighted by molar-refractivity contribution is 7.11. The second-order valence-electron chi connectivity index (χ2n) is 6.76. The predicted molar refractivity (Wildman–Crippen MR) is 96.7 cm³/mol. The van der Waals surface area contributed by atoms with Crippen LogP contribution in [0.4, 0.5) is 5.95 Å². The summed E-state index contributed by atoms with van der Waals surface area (Å²) in [5.74, 6) is 0.430. The summed E-state index contributed by atoms with van der Waals surface area (Å²) >= 11 is 1.67. The molecule has 3 rings (SSSR count). The monoisotopic (exact) mass is 346 g/mol. The topological polar surface area (TPSA) is 88.5 Å². The molecule has 24 heavy (non-hydrogen) atoms. The number of H-pyrrole nitrogens is 1. The van der Waals surface area contributed by atoms with Gasteiger partial charge in [0.25, 0.3) is 5.56 Å². The van der Waals surface area contributed by atoms with Crippen LogP contribution < -0.4 is 10.9 Å². The van der Waals surface area contributed by atoms with Crippen LogP contribution in [-0.2, 0) is 12.0 Å². The van der Waals surface area contributed by atoms with Crippen LogP contribution in [-0.4, -0.2) is 24.7 Å². The maximum absolute atomic E-state index is 12.3. The molecule has 3 aromatic rings. The van der Waals surface area contributed by atoms with E-state index in [9.17, 15) is 4.79 Å². The van der Waals surface area contributed by atoms with Gasteiger partial charge in [0.05, 0.1) is 17.8 Å². The fourth-order valence-corrected chi connectivity index (χ4v) is 3.29. The van der Waals surface area contributed by atoms with Crippen molar-refractivity contribution in [2.45, 2.75) is 52.6 Å². The summed E-state index contributed by atoms with van der Waals surface area (Å²) in [6, 6.07) is -0.0399. The molecule has 0 fully saturated rings. The zero-order valence-corrected chi connectivity index (χ0v) is 15.4. The van der Waals surface area contributed by atoms with Gasteiger partial charge in [-0.15, -0.1) is 11.3 Å². The van der Waals surface area contributed by atoms with Gasteiger partial charge in [-0.2, -0.15) is 10.1 Å². The molecule has 0 bridgehead atoms. The Bertz CT molecular complexity index is 917. The lowest BCUT2D eigenvalue weighted by molar-refractivity contribution is 0.366. The van der Waals surface area contributed by atoms with Gasteiger partial charge in [0.15, 0.2) is 5.65 Å². The average Bonchev–Trinajstić information content (AvgIpc) is 3.13. The molecule has 8 heteroatoms. The highest BCUT2D eigenvalue weighted by Gasteiger charge is 2.20. The molecule has 128 valence electrons. The molecule has 3 aromatic heterocycles. The van der Waals surface area contributed by atoms with Crippen molar-refractivity contribution in [2.24, 2.45) is 0 Å². The molecule has 2 N–H and O–H groups in total. The molecule has 0 radical (unpaired) electrons. The van der Waals surface area contributed by atoms with Crippen molar-refractivity contribution < 1.29 is 0 Å². The number of fused-ring (bicyclic) bond motifs is 1. The zero-order chi connectivity index (χ0) is 17.5. The number of thiazole rings is 1. The number of rotatable bonds is 4. The van der Waals surface area contributed by atoms with Crippen molar-refractivity contribution >= 4 is 28.3 Å². The van der Waals surface area contributed by atoms with E-state index in [1.54, 1.807) is 22.2 Å². The van der Waals surface area contributed by atoms with Crippen molar-refractivity contribution in [3.63, 3.8) is 0 Å². The first kappa shape index (κ1) is 16.6. The summed E-state index contributed by atoms with van der Waals surface area (Å²) in [6.45, 7) is 10.2. The third-order valence-corrected chi connectivity index (χ3v) is 5.04. The van der Waals surface area contributed by atoms with E-state index in [4.69, 9.17) is 0 Å². The van der Waals surface area contributed by atoms with Crippen molar-refractivity contribution in [3.05, 3.63) is 32.6 Å². The third kappa shape index (κ3) is 3.06. The first-order chi connectivity index (χ1) is 11.3. The fraction of sp³-hybridized carbons (Fsp3) is 0.500. The molecule has 1 atom stereocenters. The summed E-state index contributed by atoms with van der Waals surface area (Å²) in [5.41, 5.74) is 0.129. The van der Waals surface area contributed by atoms with Crippen LogP contribution in [0.2, 0.25) is 0 Å². The van der Waals surface area contributed by atoms with Crippen LogP contribution in [0, 0.1) is 0 Å². The first-order valence-electron chi connectivity index (χ1n) is 7.99. The molecular weight excluding hydrogens is 324 g/mol. The highest BCUT2D eigenvalue weighted by atomic mass is 32.1. The largest absolute Gasteiger partial charge is 0.347 e. The Hall–Kier alpha value is -2.22. The summed E-state index contributed by atoms with van der Waals surface area (Å²) in [5, 5.41) is 9.02. The van der Waals surface area contributed by atoms with Gasteiger partial charge in [-0.3, -0.25) is 9.78 Å². The molecule has 0 aliphatic carbocycles. The van der Waals surface area contributed by atoms with Crippen LogP contribution in [0.3, 0.4) is 0 Å². The Morgan fingerprint density at radius 3 is 2.75 bits per heavy atom. The Balaban J connectivity index is 1.96. The van der Waals surface area contributed by atoms with Gasteiger partial charge in [0.2, 0.25) is 5.95 Å². The Kier molecular flexibility index (Phi) is 4.16. The fourth-order valence-electron chi connectivity index (χ4n) is 2.43. The molecule has 7 nitrogen and oxygen atoms in total. The number of aromatic nitrogens is 5. The van der Waals surface area contributed by atoms with Gasteiger partial charge >= 0.3 is 0 Å². The van der Waals surface area contributed by atoms with Crippen molar-refractivity contribution in [1.29, 1.82) is 0 Å². The molecule has 0 aliphatic heterocycles. The lowest BCUT2D eigenvalue weighted by atomic mass is 10.1. The third-order valence-electron chi connectivity index (χ3n) is 3.72. The molecule has 0 aliphatic rings. The minimum atomic E-state index is -0.253. The van der Waals surface area contributed by atoms with Gasteiger partial charge in [-0.05, 0) is 34.1 Å². The molecular formula is C16H22N6OS. The number of aryl methyl sites for hydroxylation is 1. The average molecular weight is 346 g/mol. The quantitative estimate of drug-likeness (QED) is 0.758. The SMILES string of the molecule is CCc1cnc(C(C)Nc2nc3c(cnn3C(C)(C)C)c(=O)[nH]2)s1. The number of nitrogens with one attached hydrogen (secondary N) is 2. The van der Waals surface area contributed by atoms with E-state index in [-0.39, 0.29) is 17.1 Å². The summed E-state index contributed by atoms with van der Waals surface area (Å²) in [4.78, 5) is 25.3.